The number of thioether (sulfide) groups is 1. The molecule has 120 valence electrons. The van der Waals surface area contributed by atoms with Crippen molar-refractivity contribution in [2.24, 2.45) is 0 Å². The minimum absolute atomic E-state index is 0.0109. The topological polar surface area (TPSA) is 68.5 Å². The molecule has 2 heterocycles. The van der Waals surface area contributed by atoms with Crippen LogP contribution in [0.3, 0.4) is 0 Å². The maximum atomic E-state index is 11.7. The first-order valence-electron chi connectivity index (χ1n) is 7.36. The van der Waals surface area contributed by atoms with Gasteiger partial charge >= 0.3 is 0 Å². The van der Waals surface area contributed by atoms with Gasteiger partial charge in [-0.15, -0.1) is 10.2 Å². The smallest absolute Gasteiger partial charge is 0.230 e. The first-order valence-corrected chi connectivity index (χ1v) is 8.34. The molecule has 23 heavy (non-hydrogen) atoms. The number of carbonyl (C=O) groups excluding carboxylic acids is 1. The minimum Gasteiger partial charge on any atom is -0.497 e. The number of carbonyl (C=O) groups is 1. The number of aryl methyl sites for hydroxylation is 1. The van der Waals surface area contributed by atoms with E-state index in [2.05, 4.69) is 15.5 Å². The zero-order chi connectivity index (χ0) is 16.4. The molecule has 3 aromatic rings. The Morgan fingerprint density at radius 3 is 2.91 bits per heavy atom. The molecule has 6 nitrogen and oxygen atoms in total. The highest BCUT2D eigenvalue weighted by Crippen LogP contribution is 2.28. The second-order valence-corrected chi connectivity index (χ2v) is 6.07. The molecule has 3 rings (SSSR count). The Labute approximate surface area is 138 Å². The molecule has 0 unspecified atom stereocenters. The number of fused-ring (bicyclic) bond motifs is 3. The molecule has 0 radical (unpaired) electrons. The second kappa shape index (κ2) is 6.45. The number of amides is 1. The minimum atomic E-state index is -0.0109. The lowest BCUT2D eigenvalue weighted by Gasteiger charge is -2.09. The predicted molar refractivity (Wildman–Crippen MR) is 91.2 cm³/mol. The molecule has 7 heteroatoms. The number of nitrogens with one attached hydrogen (secondary N) is 1. The number of hydrogen-bond donors (Lipinski definition) is 1. The molecule has 0 bridgehead atoms. The Morgan fingerprint density at radius 1 is 1.35 bits per heavy atom. The summed E-state index contributed by atoms with van der Waals surface area (Å²) in [6.45, 7) is 4.57. The van der Waals surface area contributed by atoms with E-state index in [0.717, 1.165) is 27.9 Å². The number of nitrogens with zero attached hydrogens (tertiary/aromatic N) is 3. The van der Waals surface area contributed by atoms with Crippen LogP contribution in [0, 0.1) is 6.92 Å². The summed E-state index contributed by atoms with van der Waals surface area (Å²) in [6, 6.07) is 7.93. The van der Waals surface area contributed by atoms with Crippen LogP contribution in [0.25, 0.3) is 16.6 Å². The molecule has 2 aromatic heterocycles. The average molecular weight is 330 g/mol. The zero-order valence-corrected chi connectivity index (χ0v) is 14.1. The number of methoxy groups -OCH3 is 1. The number of benzene rings is 1. The molecule has 0 aliphatic heterocycles. The van der Waals surface area contributed by atoms with Gasteiger partial charge in [-0.1, -0.05) is 11.8 Å². The van der Waals surface area contributed by atoms with Gasteiger partial charge in [0.15, 0.2) is 10.8 Å². The van der Waals surface area contributed by atoms with Crippen LogP contribution in [0.5, 0.6) is 5.75 Å². The van der Waals surface area contributed by atoms with Gasteiger partial charge in [-0.05, 0) is 37.6 Å². The molecule has 1 N–H and O–H groups in total. The SMILES string of the molecule is CCNC(=O)CSc1nnc2cc(C)c3ccc(OC)cc3n12. The van der Waals surface area contributed by atoms with Gasteiger partial charge in [-0.25, -0.2) is 0 Å². The van der Waals surface area contributed by atoms with Crippen molar-refractivity contribution in [1.29, 1.82) is 0 Å². The maximum Gasteiger partial charge on any atom is 0.230 e. The molecular weight excluding hydrogens is 312 g/mol. The van der Waals surface area contributed by atoms with E-state index in [1.807, 2.05) is 42.5 Å². The third kappa shape index (κ3) is 2.96. The van der Waals surface area contributed by atoms with Crippen molar-refractivity contribution in [3.05, 3.63) is 29.8 Å². The van der Waals surface area contributed by atoms with Gasteiger partial charge in [0.05, 0.1) is 18.4 Å². The number of aromatic nitrogens is 3. The molecule has 0 saturated carbocycles. The number of rotatable bonds is 5. The average Bonchev–Trinajstić information content (AvgIpc) is 2.96. The van der Waals surface area contributed by atoms with Crippen molar-refractivity contribution in [3.8, 4) is 5.75 Å². The van der Waals surface area contributed by atoms with Crippen LogP contribution in [-0.4, -0.2) is 39.9 Å². The zero-order valence-electron chi connectivity index (χ0n) is 13.3. The van der Waals surface area contributed by atoms with Crippen LogP contribution in [-0.2, 0) is 4.79 Å². The van der Waals surface area contributed by atoms with E-state index in [9.17, 15) is 4.79 Å². The Bertz CT molecular complexity index is 875. The van der Waals surface area contributed by atoms with E-state index < -0.39 is 0 Å². The number of hydrogen-bond acceptors (Lipinski definition) is 5. The third-order valence-electron chi connectivity index (χ3n) is 3.58. The van der Waals surface area contributed by atoms with Crippen LogP contribution in [0.15, 0.2) is 29.4 Å². The lowest BCUT2D eigenvalue weighted by Crippen LogP contribution is -2.24. The first kappa shape index (κ1) is 15.6. The third-order valence-corrected chi connectivity index (χ3v) is 4.51. The predicted octanol–water partition coefficient (Wildman–Crippen LogP) is 2.43. The Balaban J connectivity index is 2.09. The van der Waals surface area contributed by atoms with Gasteiger partial charge < -0.3 is 10.1 Å². The fourth-order valence-corrected chi connectivity index (χ4v) is 3.28. The standard InChI is InChI=1S/C16H18N4O2S/c1-4-17-15(21)9-23-16-19-18-14-7-10(2)12-6-5-11(22-3)8-13(12)20(14)16/h5-8H,4,9H2,1-3H3,(H,17,21). The highest BCUT2D eigenvalue weighted by Gasteiger charge is 2.13. The summed E-state index contributed by atoms with van der Waals surface area (Å²) in [5.74, 6) is 1.08. The van der Waals surface area contributed by atoms with Crippen molar-refractivity contribution >= 4 is 34.2 Å². The lowest BCUT2D eigenvalue weighted by molar-refractivity contribution is -0.118. The fraction of sp³-hybridized carbons (Fsp3) is 0.312. The van der Waals surface area contributed by atoms with Crippen LogP contribution in [0.2, 0.25) is 0 Å². The normalized spacial score (nSPS) is 11.1. The van der Waals surface area contributed by atoms with E-state index in [1.54, 1.807) is 7.11 Å². The van der Waals surface area contributed by atoms with Crippen LogP contribution in [0.4, 0.5) is 0 Å². The van der Waals surface area contributed by atoms with Gasteiger partial charge in [0.1, 0.15) is 5.75 Å². The highest BCUT2D eigenvalue weighted by molar-refractivity contribution is 7.99. The van der Waals surface area contributed by atoms with Gasteiger partial charge in [-0.2, -0.15) is 0 Å². The van der Waals surface area contributed by atoms with E-state index in [4.69, 9.17) is 4.74 Å². The van der Waals surface area contributed by atoms with Crippen LogP contribution in [0.1, 0.15) is 12.5 Å². The quantitative estimate of drug-likeness (QED) is 0.728. The number of pyridine rings is 1. The summed E-state index contributed by atoms with van der Waals surface area (Å²) >= 11 is 1.38. The Morgan fingerprint density at radius 2 is 2.17 bits per heavy atom. The van der Waals surface area contributed by atoms with E-state index in [0.29, 0.717) is 17.5 Å². The summed E-state index contributed by atoms with van der Waals surface area (Å²) in [7, 11) is 1.64. The summed E-state index contributed by atoms with van der Waals surface area (Å²) in [5, 5.41) is 13.0. The van der Waals surface area contributed by atoms with Gasteiger partial charge in [0, 0.05) is 18.0 Å². The van der Waals surface area contributed by atoms with Crippen molar-refractivity contribution in [3.63, 3.8) is 0 Å². The summed E-state index contributed by atoms with van der Waals surface area (Å²) in [4.78, 5) is 11.7. The molecule has 1 amide bonds. The van der Waals surface area contributed by atoms with Crippen molar-refractivity contribution in [1.82, 2.24) is 19.9 Å². The molecule has 1 aromatic carbocycles. The van der Waals surface area contributed by atoms with Crippen molar-refractivity contribution in [2.75, 3.05) is 19.4 Å². The highest BCUT2D eigenvalue weighted by atomic mass is 32.2. The molecule has 0 saturated heterocycles. The van der Waals surface area contributed by atoms with Gasteiger partial charge in [0.2, 0.25) is 5.91 Å². The molecule has 0 fully saturated rings. The molecular formula is C16H18N4O2S. The van der Waals surface area contributed by atoms with Crippen LogP contribution < -0.4 is 10.1 Å². The van der Waals surface area contributed by atoms with E-state index in [1.165, 1.54) is 11.8 Å². The van der Waals surface area contributed by atoms with Crippen molar-refractivity contribution in [2.45, 2.75) is 19.0 Å². The Kier molecular flexibility index (Phi) is 4.38. The van der Waals surface area contributed by atoms with Gasteiger partial charge in [-0.3, -0.25) is 9.20 Å². The summed E-state index contributed by atoms with van der Waals surface area (Å²) < 4.78 is 7.30. The molecule has 0 aliphatic rings. The van der Waals surface area contributed by atoms with E-state index in [-0.39, 0.29) is 5.91 Å². The largest absolute Gasteiger partial charge is 0.497 e. The molecule has 0 spiro atoms. The van der Waals surface area contributed by atoms with Gasteiger partial charge in [0.25, 0.3) is 0 Å². The fourth-order valence-electron chi connectivity index (χ4n) is 2.50. The number of ether oxygens (including phenoxy) is 1. The Hall–Kier alpha value is -2.28. The molecule has 0 aliphatic carbocycles. The molecule has 0 atom stereocenters. The summed E-state index contributed by atoms with van der Waals surface area (Å²) in [6.07, 6.45) is 0. The summed E-state index contributed by atoms with van der Waals surface area (Å²) in [5.41, 5.74) is 2.87. The monoisotopic (exact) mass is 330 g/mol. The van der Waals surface area contributed by atoms with Crippen molar-refractivity contribution < 1.29 is 9.53 Å². The first-order chi connectivity index (χ1) is 11.1. The second-order valence-electron chi connectivity index (χ2n) is 5.13. The lowest BCUT2D eigenvalue weighted by atomic mass is 10.1. The maximum absolute atomic E-state index is 11.7. The van der Waals surface area contributed by atoms with E-state index >= 15 is 0 Å². The van der Waals surface area contributed by atoms with Crippen LogP contribution >= 0.6 is 11.8 Å².